The van der Waals surface area contributed by atoms with Gasteiger partial charge < -0.3 is 19.5 Å². The molecule has 34 heavy (non-hydrogen) atoms. The standard InChI is InChI=1S/C26H34BrFN2O4/c1-30(25(31)29-14-4-13-27)22-7-5-19(6-8-22)18-34-24-16-20(15-21(28)17-24)26(33-3)11-9-23(32-2)10-12-26/h5-8,15-17,23H,4,9-14,18H2,1-3H3,(H,29,31). The number of benzene rings is 2. The van der Waals surface area contributed by atoms with Crippen LogP contribution in [0.25, 0.3) is 0 Å². The Labute approximate surface area is 209 Å². The zero-order valence-corrected chi connectivity index (χ0v) is 21.7. The highest BCUT2D eigenvalue weighted by atomic mass is 79.9. The van der Waals surface area contributed by atoms with Crippen molar-refractivity contribution >= 4 is 27.6 Å². The van der Waals surface area contributed by atoms with Gasteiger partial charge in [-0.15, -0.1) is 0 Å². The minimum atomic E-state index is -0.531. The second-order valence-corrected chi connectivity index (χ2v) is 9.39. The van der Waals surface area contributed by atoms with Gasteiger partial charge >= 0.3 is 6.03 Å². The molecule has 0 radical (unpaired) electrons. The summed E-state index contributed by atoms with van der Waals surface area (Å²) in [6, 6.07) is 12.2. The molecule has 2 aromatic carbocycles. The SMILES string of the molecule is COC1CCC(OC)(c2cc(F)cc(OCc3ccc(N(C)C(=O)NCCCBr)cc3)c2)CC1. The summed E-state index contributed by atoms with van der Waals surface area (Å²) in [5, 5.41) is 3.72. The molecule has 0 aromatic heterocycles. The molecule has 0 bridgehead atoms. The lowest BCUT2D eigenvalue weighted by atomic mass is 9.78. The van der Waals surface area contributed by atoms with Crippen molar-refractivity contribution in [2.75, 3.05) is 38.0 Å². The van der Waals surface area contributed by atoms with Crippen LogP contribution in [0, 0.1) is 5.82 Å². The van der Waals surface area contributed by atoms with E-state index in [4.69, 9.17) is 14.2 Å². The third-order valence-electron chi connectivity index (χ3n) is 6.48. The van der Waals surface area contributed by atoms with Crippen molar-refractivity contribution in [3.05, 3.63) is 59.4 Å². The number of amides is 2. The normalized spacial score (nSPS) is 20.1. The molecule has 2 aromatic rings. The Balaban J connectivity index is 1.63. The Bertz CT molecular complexity index is 933. The second-order valence-electron chi connectivity index (χ2n) is 8.60. The lowest BCUT2D eigenvalue weighted by Gasteiger charge is -2.39. The number of urea groups is 1. The number of anilines is 1. The van der Waals surface area contributed by atoms with Crippen LogP contribution in [-0.4, -0.2) is 45.3 Å². The first-order chi connectivity index (χ1) is 16.4. The highest BCUT2D eigenvalue weighted by Gasteiger charge is 2.37. The van der Waals surface area contributed by atoms with Crippen LogP contribution < -0.4 is 15.0 Å². The third-order valence-corrected chi connectivity index (χ3v) is 7.04. The Morgan fingerprint density at radius 3 is 2.50 bits per heavy atom. The molecule has 6 nitrogen and oxygen atoms in total. The molecular weight excluding hydrogens is 503 g/mol. The molecule has 1 N–H and O–H groups in total. The van der Waals surface area contributed by atoms with Crippen molar-refractivity contribution < 1.29 is 23.4 Å². The van der Waals surface area contributed by atoms with E-state index in [-0.39, 0.29) is 24.6 Å². The number of nitrogens with one attached hydrogen (secondary N) is 1. The Kier molecular flexibility index (Phi) is 9.74. The molecule has 0 saturated heterocycles. The lowest BCUT2D eigenvalue weighted by molar-refractivity contribution is -0.0764. The van der Waals surface area contributed by atoms with Crippen molar-refractivity contribution in [3.63, 3.8) is 0 Å². The fraction of sp³-hybridized carbons (Fsp3) is 0.500. The summed E-state index contributed by atoms with van der Waals surface area (Å²) in [5.74, 6) is 0.119. The van der Waals surface area contributed by atoms with Gasteiger partial charge in [0.05, 0.1) is 11.7 Å². The largest absolute Gasteiger partial charge is 0.489 e. The van der Waals surface area contributed by atoms with Crippen LogP contribution in [-0.2, 0) is 21.7 Å². The highest BCUT2D eigenvalue weighted by molar-refractivity contribution is 9.09. The number of alkyl halides is 1. The van der Waals surface area contributed by atoms with Crippen molar-refractivity contribution in [2.45, 2.75) is 50.4 Å². The van der Waals surface area contributed by atoms with E-state index in [0.29, 0.717) is 12.3 Å². The van der Waals surface area contributed by atoms with Crippen molar-refractivity contribution in [3.8, 4) is 5.75 Å². The van der Waals surface area contributed by atoms with E-state index in [0.717, 1.165) is 54.2 Å². The van der Waals surface area contributed by atoms with Gasteiger partial charge in [0.25, 0.3) is 0 Å². The molecule has 8 heteroatoms. The molecule has 0 unspecified atom stereocenters. The van der Waals surface area contributed by atoms with Crippen molar-refractivity contribution in [2.24, 2.45) is 0 Å². The second kappa shape index (κ2) is 12.5. The third kappa shape index (κ3) is 6.71. The average Bonchev–Trinajstić information content (AvgIpc) is 2.87. The number of carbonyl (C=O) groups is 1. The Morgan fingerprint density at radius 1 is 1.18 bits per heavy atom. The van der Waals surface area contributed by atoms with E-state index in [9.17, 15) is 9.18 Å². The summed E-state index contributed by atoms with van der Waals surface area (Å²) in [6.45, 7) is 0.906. The number of rotatable bonds is 10. The molecule has 1 aliphatic carbocycles. The smallest absolute Gasteiger partial charge is 0.321 e. The summed E-state index contributed by atoms with van der Waals surface area (Å²) >= 11 is 3.35. The molecular formula is C26H34BrFN2O4. The van der Waals surface area contributed by atoms with E-state index >= 15 is 0 Å². The predicted octanol–water partition coefficient (Wildman–Crippen LogP) is 5.77. The van der Waals surface area contributed by atoms with Gasteiger partial charge in [-0.2, -0.15) is 0 Å². The quantitative estimate of drug-likeness (QED) is 0.309. The summed E-state index contributed by atoms with van der Waals surface area (Å²) < 4.78 is 31.8. The van der Waals surface area contributed by atoms with Gasteiger partial charge in [-0.3, -0.25) is 4.90 Å². The molecule has 0 spiro atoms. The van der Waals surface area contributed by atoms with Gasteiger partial charge in [-0.05, 0) is 67.5 Å². The molecule has 0 atom stereocenters. The van der Waals surface area contributed by atoms with Gasteiger partial charge in [0.1, 0.15) is 18.2 Å². The van der Waals surface area contributed by atoms with Crippen LogP contribution in [0.15, 0.2) is 42.5 Å². The van der Waals surface area contributed by atoms with Crippen LogP contribution in [0.5, 0.6) is 5.75 Å². The van der Waals surface area contributed by atoms with Gasteiger partial charge in [-0.25, -0.2) is 9.18 Å². The maximum absolute atomic E-state index is 14.5. The van der Waals surface area contributed by atoms with Gasteiger partial charge in [0.15, 0.2) is 0 Å². The first-order valence-electron chi connectivity index (χ1n) is 11.6. The molecule has 1 fully saturated rings. The molecule has 2 amide bonds. The number of methoxy groups -OCH3 is 2. The van der Waals surface area contributed by atoms with E-state index in [1.807, 2.05) is 30.3 Å². The topological polar surface area (TPSA) is 60.0 Å². The molecule has 1 saturated carbocycles. The summed E-state index contributed by atoms with van der Waals surface area (Å²) in [5.41, 5.74) is 1.96. The fourth-order valence-electron chi connectivity index (χ4n) is 4.29. The first-order valence-corrected chi connectivity index (χ1v) is 12.7. The number of carbonyl (C=O) groups excluding carboxylic acids is 1. The van der Waals surface area contributed by atoms with Gasteiger partial charge in [0, 0.05) is 44.9 Å². The van der Waals surface area contributed by atoms with Gasteiger partial charge in [-0.1, -0.05) is 28.1 Å². The maximum atomic E-state index is 14.5. The van der Waals surface area contributed by atoms with Crippen LogP contribution >= 0.6 is 15.9 Å². The van der Waals surface area contributed by atoms with E-state index in [1.165, 1.54) is 12.1 Å². The molecule has 1 aliphatic rings. The zero-order valence-electron chi connectivity index (χ0n) is 20.1. The zero-order chi connectivity index (χ0) is 24.6. The van der Waals surface area contributed by atoms with E-state index in [1.54, 1.807) is 26.2 Å². The summed E-state index contributed by atoms with van der Waals surface area (Å²) in [6.07, 6.45) is 4.36. The highest BCUT2D eigenvalue weighted by Crippen LogP contribution is 2.42. The van der Waals surface area contributed by atoms with E-state index in [2.05, 4.69) is 21.2 Å². The summed E-state index contributed by atoms with van der Waals surface area (Å²) in [7, 11) is 5.14. The maximum Gasteiger partial charge on any atom is 0.321 e. The number of ether oxygens (including phenoxy) is 3. The fourth-order valence-corrected chi connectivity index (χ4v) is 4.57. The van der Waals surface area contributed by atoms with Gasteiger partial charge in [0.2, 0.25) is 0 Å². The Hall–Kier alpha value is -2.16. The van der Waals surface area contributed by atoms with Crippen LogP contribution in [0.1, 0.15) is 43.2 Å². The molecule has 0 aliphatic heterocycles. The monoisotopic (exact) mass is 536 g/mol. The average molecular weight is 537 g/mol. The van der Waals surface area contributed by atoms with Crippen LogP contribution in [0.3, 0.4) is 0 Å². The van der Waals surface area contributed by atoms with Crippen LogP contribution in [0.4, 0.5) is 14.9 Å². The Morgan fingerprint density at radius 2 is 1.88 bits per heavy atom. The number of hydrogen-bond acceptors (Lipinski definition) is 4. The predicted molar refractivity (Wildman–Crippen MR) is 135 cm³/mol. The van der Waals surface area contributed by atoms with Crippen LogP contribution in [0.2, 0.25) is 0 Å². The molecule has 186 valence electrons. The van der Waals surface area contributed by atoms with E-state index < -0.39 is 5.60 Å². The molecule has 0 heterocycles. The summed E-state index contributed by atoms with van der Waals surface area (Å²) in [4.78, 5) is 13.8. The number of nitrogens with zero attached hydrogens (tertiary/aromatic N) is 1. The molecule has 3 rings (SSSR count). The lowest BCUT2D eigenvalue weighted by Crippen LogP contribution is -2.37. The minimum Gasteiger partial charge on any atom is -0.489 e. The van der Waals surface area contributed by atoms with Crippen molar-refractivity contribution in [1.82, 2.24) is 5.32 Å². The first kappa shape index (κ1) is 26.4. The number of hydrogen-bond donors (Lipinski definition) is 1. The van der Waals surface area contributed by atoms with Crippen molar-refractivity contribution in [1.29, 1.82) is 0 Å². The minimum absolute atomic E-state index is 0.149. The number of halogens is 2.